The molecule has 27 heavy (non-hydrogen) atoms. The number of unbranched alkanes of at least 4 members (excludes halogenated alkanes) is 9. The molecule has 0 amide bonds. The highest BCUT2D eigenvalue weighted by Crippen LogP contribution is 2.18. The van der Waals surface area contributed by atoms with Gasteiger partial charge in [0.15, 0.2) is 0 Å². The number of hydrogen-bond donors (Lipinski definition) is 0. The lowest BCUT2D eigenvalue weighted by Gasteiger charge is -2.12. The third kappa shape index (κ3) is 11.5. The van der Waals surface area contributed by atoms with E-state index in [1.165, 1.54) is 64.2 Å². The highest BCUT2D eigenvalue weighted by molar-refractivity contribution is 7.86. The molecule has 1 aromatic carbocycles. The Kier molecular flexibility index (Phi) is 12.7. The van der Waals surface area contributed by atoms with Crippen molar-refractivity contribution in [1.29, 1.82) is 0 Å². The first-order valence-electron chi connectivity index (χ1n) is 10.9. The summed E-state index contributed by atoms with van der Waals surface area (Å²) in [6.07, 6.45) is 15.4. The molecule has 0 spiro atoms. The van der Waals surface area contributed by atoms with Crippen molar-refractivity contribution in [1.82, 2.24) is 0 Å². The summed E-state index contributed by atoms with van der Waals surface area (Å²) < 4.78 is 29.5. The molecule has 156 valence electrons. The molecule has 1 atom stereocenters. The minimum atomic E-state index is -3.62. The Balaban J connectivity index is 2.04. The Morgan fingerprint density at radius 1 is 0.815 bits per heavy atom. The molecule has 0 heterocycles. The van der Waals surface area contributed by atoms with Gasteiger partial charge in [-0.25, -0.2) is 0 Å². The summed E-state index contributed by atoms with van der Waals surface area (Å²) >= 11 is 0. The summed E-state index contributed by atoms with van der Waals surface area (Å²) in [4.78, 5) is 0.246. The van der Waals surface area contributed by atoms with Crippen LogP contribution in [0.4, 0.5) is 0 Å². The predicted octanol–water partition coefficient (Wildman–Crippen LogP) is 7.04. The van der Waals surface area contributed by atoms with Gasteiger partial charge >= 0.3 is 0 Å². The molecular formula is C23H40O3S. The van der Waals surface area contributed by atoms with Crippen LogP contribution >= 0.6 is 0 Å². The standard InChI is InChI=1S/C23H40O3S/c1-4-5-6-7-8-9-10-11-12-13-14-21(2)19-20-26-27(24,25)23-17-15-22(3)16-18-23/h15-18,21H,4-14,19-20H2,1-3H3/t21-/m1/s1. The highest BCUT2D eigenvalue weighted by Gasteiger charge is 2.15. The lowest BCUT2D eigenvalue weighted by molar-refractivity contribution is 0.280. The topological polar surface area (TPSA) is 43.4 Å². The zero-order valence-electron chi connectivity index (χ0n) is 17.7. The molecule has 0 N–H and O–H groups in total. The number of benzene rings is 1. The van der Waals surface area contributed by atoms with Crippen molar-refractivity contribution in [3.8, 4) is 0 Å². The Labute approximate surface area is 168 Å². The van der Waals surface area contributed by atoms with E-state index in [4.69, 9.17) is 4.18 Å². The second-order valence-corrected chi connectivity index (χ2v) is 9.57. The largest absolute Gasteiger partial charge is 0.296 e. The molecule has 0 aliphatic rings. The molecule has 0 fully saturated rings. The second kappa shape index (κ2) is 14.2. The minimum Gasteiger partial charge on any atom is -0.266 e. The van der Waals surface area contributed by atoms with Crippen LogP contribution in [-0.2, 0) is 14.3 Å². The summed E-state index contributed by atoms with van der Waals surface area (Å²) in [5.74, 6) is 0.507. The normalized spacial score (nSPS) is 13.0. The Bertz CT molecular complexity index is 578. The summed E-state index contributed by atoms with van der Waals surface area (Å²) in [7, 11) is -3.62. The highest BCUT2D eigenvalue weighted by atomic mass is 32.2. The van der Waals surface area contributed by atoms with Crippen molar-refractivity contribution in [2.24, 2.45) is 5.92 Å². The number of aryl methyl sites for hydroxylation is 1. The maximum Gasteiger partial charge on any atom is 0.296 e. The van der Waals surface area contributed by atoms with Crippen molar-refractivity contribution in [2.75, 3.05) is 6.61 Å². The molecule has 0 unspecified atom stereocenters. The van der Waals surface area contributed by atoms with Crippen molar-refractivity contribution >= 4 is 10.1 Å². The SMILES string of the molecule is CCCCCCCCCCCC[C@@H](C)CCOS(=O)(=O)c1ccc(C)cc1. The average molecular weight is 397 g/mol. The molecule has 0 aliphatic carbocycles. The Hall–Kier alpha value is -0.870. The van der Waals surface area contributed by atoms with Crippen LogP contribution < -0.4 is 0 Å². The van der Waals surface area contributed by atoms with E-state index in [2.05, 4.69) is 13.8 Å². The van der Waals surface area contributed by atoms with Crippen LogP contribution in [0.2, 0.25) is 0 Å². The quantitative estimate of drug-likeness (QED) is 0.222. The van der Waals surface area contributed by atoms with Crippen LogP contribution in [0.25, 0.3) is 0 Å². The zero-order chi connectivity index (χ0) is 20.0. The van der Waals surface area contributed by atoms with E-state index in [0.717, 1.165) is 18.4 Å². The van der Waals surface area contributed by atoms with E-state index in [9.17, 15) is 8.42 Å². The van der Waals surface area contributed by atoms with E-state index in [-0.39, 0.29) is 11.5 Å². The smallest absolute Gasteiger partial charge is 0.266 e. The van der Waals surface area contributed by atoms with Gasteiger partial charge in [-0.3, -0.25) is 4.18 Å². The van der Waals surface area contributed by atoms with Crippen LogP contribution in [0.3, 0.4) is 0 Å². The second-order valence-electron chi connectivity index (χ2n) is 7.95. The molecule has 0 bridgehead atoms. The molecule has 4 heteroatoms. The third-order valence-electron chi connectivity index (χ3n) is 5.21. The fourth-order valence-electron chi connectivity index (χ4n) is 3.26. The molecule has 0 aliphatic heterocycles. The first-order valence-corrected chi connectivity index (χ1v) is 12.3. The number of hydrogen-bond acceptors (Lipinski definition) is 3. The fourth-order valence-corrected chi connectivity index (χ4v) is 4.18. The summed E-state index contributed by atoms with van der Waals surface area (Å²) in [6.45, 7) is 6.66. The van der Waals surface area contributed by atoms with Gasteiger partial charge in [0.1, 0.15) is 0 Å². The van der Waals surface area contributed by atoms with E-state index < -0.39 is 10.1 Å². The van der Waals surface area contributed by atoms with Crippen LogP contribution in [0, 0.1) is 12.8 Å². The summed E-state index contributed by atoms with van der Waals surface area (Å²) in [6, 6.07) is 6.81. The van der Waals surface area contributed by atoms with Gasteiger partial charge in [0.05, 0.1) is 11.5 Å². The summed E-state index contributed by atoms with van der Waals surface area (Å²) in [5.41, 5.74) is 1.04. The number of rotatable bonds is 16. The predicted molar refractivity (Wildman–Crippen MR) is 115 cm³/mol. The van der Waals surface area contributed by atoms with Crippen LogP contribution in [0.5, 0.6) is 0 Å². The summed E-state index contributed by atoms with van der Waals surface area (Å²) in [5, 5.41) is 0. The molecule has 3 nitrogen and oxygen atoms in total. The van der Waals surface area contributed by atoms with Gasteiger partial charge in [-0.1, -0.05) is 102 Å². The van der Waals surface area contributed by atoms with Crippen LogP contribution in [-0.4, -0.2) is 15.0 Å². The zero-order valence-corrected chi connectivity index (χ0v) is 18.5. The first-order chi connectivity index (χ1) is 13.0. The van der Waals surface area contributed by atoms with Crippen molar-refractivity contribution in [3.63, 3.8) is 0 Å². The minimum absolute atomic E-state index is 0.246. The van der Waals surface area contributed by atoms with Crippen LogP contribution in [0.15, 0.2) is 29.2 Å². The molecular weight excluding hydrogens is 356 g/mol. The van der Waals surface area contributed by atoms with Crippen molar-refractivity contribution in [3.05, 3.63) is 29.8 Å². The Morgan fingerprint density at radius 3 is 1.89 bits per heavy atom. The van der Waals surface area contributed by atoms with Gasteiger partial charge in [0.25, 0.3) is 10.1 Å². The third-order valence-corrected chi connectivity index (χ3v) is 6.54. The lowest BCUT2D eigenvalue weighted by Crippen LogP contribution is -2.10. The van der Waals surface area contributed by atoms with E-state index in [0.29, 0.717) is 5.92 Å². The molecule has 0 aromatic heterocycles. The molecule has 1 aromatic rings. The Morgan fingerprint density at radius 2 is 1.33 bits per heavy atom. The molecule has 1 rings (SSSR count). The van der Waals surface area contributed by atoms with E-state index in [1.807, 2.05) is 6.92 Å². The maximum absolute atomic E-state index is 12.1. The van der Waals surface area contributed by atoms with E-state index in [1.54, 1.807) is 24.3 Å². The maximum atomic E-state index is 12.1. The van der Waals surface area contributed by atoms with Gasteiger partial charge in [0, 0.05) is 0 Å². The average Bonchev–Trinajstić information content (AvgIpc) is 2.63. The van der Waals surface area contributed by atoms with Gasteiger partial charge in [-0.05, 0) is 31.4 Å². The van der Waals surface area contributed by atoms with Gasteiger partial charge < -0.3 is 0 Å². The first kappa shape index (κ1) is 24.2. The van der Waals surface area contributed by atoms with Crippen LogP contribution in [0.1, 0.15) is 96.5 Å². The van der Waals surface area contributed by atoms with Crippen molar-refractivity contribution in [2.45, 2.75) is 103 Å². The molecule has 0 saturated carbocycles. The van der Waals surface area contributed by atoms with Crippen molar-refractivity contribution < 1.29 is 12.6 Å². The van der Waals surface area contributed by atoms with Gasteiger partial charge in [-0.15, -0.1) is 0 Å². The van der Waals surface area contributed by atoms with E-state index >= 15 is 0 Å². The van der Waals surface area contributed by atoms with Gasteiger partial charge in [0.2, 0.25) is 0 Å². The van der Waals surface area contributed by atoms with Gasteiger partial charge in [-0.2, -0.15) is 8.42 Å². The lowest BCUT2D eigenvalue weighted by atomic mass is 9.99. The fraction of sp³-hybridized carbons (Fsp3) is 0.739. The molecule has 0 saturated heterocycles. The molecule has 0 radical (unpaired) electrons. The monoisotopic (exact) mass is 396 g/mol.